The van der Waals surface area contributed by atoms with Crippen molar-refractivity contribution in [2.45, 2.75) is 46.6 Å². The standard InChI is InChI=1S/C18H30N4O/c1-17(2,3)13-22-8-5-6-18(16(22)23)7-9-21(14-18)12-15-10-19-20(4)11-15/h10-11H,5-9,12-14H2,1-4H3. The third-order valence-corrected chi connectivity index (χ3v) is 5.09. The molecule has 1 atom stereocenters. The number of likely N-dealkylation sites (tertiary alicyclic amines) is 2. The summed E-state index contributed by atoms with van der Waals surface area (Å²) in [6, 6.07) is 0. The molecule has 0 bridgehead atoms. The highest BCUT2D eigenvalue weighted by atomic mass is 16.2. The van der Waals surface area contributed by atoms with Crippen LogP contribution in [0.3, 0.4) is 0 Å². The maximum absolute atomic E-state index is 13.1. The number of rotatable bonds is 3. The van der Waals surface area contributed by atoms with Gasteiger partial charge in [0.25, 0.3) is 0 Å². The van der Waals surface area contributed by atoms with E-state index in [0.717, 1.165) is 52.0 Å². The van der Waals surface area contributed by atoms with Gasteiger partial charge in [-0.25, -0.2) is 0 Å². The topological polar surface area (TPSA) is 41.4 Å². The van der Waals surface area contributed by atoms with Gasteiger partial charge < -0.3 is 4.90 Å². The van der Waals surface area contributed by atoms with Gasteiger partial charge in [-0.1, -0.05) is 20.8 Å². The van der Waals surface area contributed by atoms with Crippen LogP contribution in [-0.2, 0) is 18.4 Å². The SMILES string of the molecule is Cn1cc(CN2CCC3(CCCN(CC(C)(C)C)C3=O)C2)cn1. The molecule has 128 valence electrons. The summed E-state index contributed by atoms with van der Waals surface area (Å²) in [5.41, 5.74) is 1.27. The number of piperidine rings is 1. The van der Waals surface area contributed by atoms with Crippen molar-refractivity contribution in [2.75, 3.05) is 26.2 Å². The second-order valence-electron chi connectivity index (χ2n) is 8.65. The minimum absolute atomic E-state index is 0.133. The van der Waals surface area contributed by atoms with Gasteiger partial charge in [0.05, 0.1) is 11.6 Å². The molecule has 3 heterocycles. The van der Waals surface area contributed by atoms with Gasteiger partial charge in [0.1, 0.15) is 0 Å². The molecule has 1 aromatic rings. The molecule has 0 radical (unpaired) electrons. The summed E-state index contributed by atoms with van der Waals surface area (Å²) in [6.07, 6.45) is 7.20. The summed E-state index contributed by atoms with van der Waals surface area (Å²) in [7, 11) is 1.95. The van der Waals surface area contributed by atoms with Gasteiger partial charge in [0.15, 0.2) is 0 Å². The van der Waals surface area contributed by atoms with Crippen LogP contribution >= 0.6 is 0 Å². The lowest BCUT2D eigenvalue weighted by molar-refractivity contribution is -0.147. The second kappa shape index (κ2) is 5.93. The zero-order chi connectivity index (χ0) is 16.7. The van der Waals surface area contributed by atoms with Crippen LogP contribution in [0.1, 0.15) is 45.6 Å². The number of amides is 1. The molecule has 0 aromatic carbocycles. The molecule has 2 fully saturated rings. The molecular formula is C18H30N4O. The van der Waals surface area contributed by atoms with Crippen molar-refractivity contribution in [2.24, 2.45) is 17.9 Å². The highest BCUT2D eigenvalue weighted by molar-refractivity contribution is 5.84. The number of carbonyl (C=O) groups excluding carboxylic acids is 1. The fraction of sp³-hybridized carbons (Fsp3) is 0.778. The molecule has 0 saturated carbocycles. The molecule has 3 rings (SSSR count). The predicted octanol–water partition coefficient (Wildman–Crippen LogP) is 2.28. The Morgan fingerprint density at radius 1 is 1.26 bits per heavy atom. The van der Waals surface area contributed by atoms with E-state index in [9.17, 15) is 4.79 Å². The molecule has 2 saturated heterocycles. The minimum Gasteiger partial charge on any atom is -0.342 e. The first kappa shape index (κ1) is 16.5. The van der Waals surface area contributed by atoms with Gasteiger partial charge in [-0.2, -0.15) is 5.10 Å². The first-order chi connectivity index (χ1) is 10.8. The third-order valence-electron chi connectivity index (χ3n) is 5.09. The van der Waals surface area contributed by atoms with Crippen LogP contribution in [0.2, 0.25) is 0 Å². The molecule has 1 amide bonds. The molecule has 0 N–H and O–H groups in total. The van der Waals surface area contributed by atoms with Crippen molar-refractivity contribution >= 4 is 5.91 Å². The molecule has 1 aromatic heterocycles. The maximum Gasteiger partial charge on any atom is 0.230 e. The van der Waals surface area contributed by atoms with Crippen molar-refractivity contribution < 1.29 is 4.79 Å². The Labute approximate surface area is 139 Å². The molecule has 2 aliphatic heterocycles. The summed E-state index contributed by atoms with van der Waals surface area (Å²) in [5.74, 6) is 0.396. The lowest BCUT2D eigenvalue weighted by Crippen LogP contribution is -2.52. The number of aryl methyl sites for hydroxylation is 1. The predicted molar refractivity (Wildman–Crippen MR) is 90.8 cm³/mol. The minimum atomic E-state index is -0.133. The van der Waals surface area contributed by atoms with Gasteiger partial charge in [-0.15, -0.1) is 0 Å². The molecule has 5 nitrogen and oxygen atoms in total. The van der Waals surface area contributed by atoms with E-state index in [-0.39, 0.29) is 10.8 Å². The molecule has 2 aliphatic rings. The Bertz CT molecular complexity index is 574. The van der Waals surface area contributed by atoms with Crippen LogP contribution in [0.25, 0.3) is 0 Å². The average Bonchev–Trinajstić information content (AvgIpc) is 3.02. The number of carbonyl (C=O) groups is 1. The number of hydrogen-bond acceptors (Lipinski definition) is 3. The summed E-state index contributed by atoms with van der Waals surface area (Å²) in [5, 5.41) is 4.24. The average molecular weight is 318 g/mol. The Kier molecular flexibility index (Phi) is 4.25. The van der Waals surface area contributed by atoms with Crippen molar-refractivity contribution in [3.05, 3.63) is 18.0 Å². The van der Waals surface area contributed by atoms with E-state index in [1.165, 1.54) is 5.56 Å². The summed E-state index contributed by atoms with van der Waals surface area (Å²) >= 11 is 0. The van der Waals surface area contributed by atoms with E-state index < -0.39 is 0 Å². The van der Waals surface area contributed by atoms with E-state index in [4.69, 9.17) is 0 Å². The van der Waals surface area contributed by atoms with Gasteiger partial charge in [-0.05, 0) is 31.2 Å². The first-order valence-electron chi connectivity index (χ1n) is 8.77. The molecule has 0 aliphatic carbocycles. The van der Waals surface area contributed by atoms with Gasteiger partial charge in [0, 0.05) is 45.0 Å². The van der Waals surface area contributed by atoms with Crippen molar-refractivity contribution in [3.63, 3.8) is 0 Å². The smallest absolute Gasteiger partial charge is 0.230 e. The van der Waals surface area contributed by atoms with Crippen LogP contribution in [-0.4, -0.2) is 51.7 Å². The van der Waals surface area contributed by atoms with E-state index in [1.54, 1.807) is 0 Å². The Morgan fingerprint density at radius 3 is 2.70 bits per heavy atom. The third kappa shape index (κ3) is 3.60. The van der Waals surface area contributed by atoms with E-state index in [1.807, 2.05) is 17.9 Å². The number of nitrogens with zero attached hydrogens (tertiary/aromatic N) is 4. The molecule has 1 spiro atoms. The zero-order valence-corrected chi connectivity index (χ0v) is 15.0. The van der Waals surface area contributed by atoms with Crippen LogP contribution in [0.4, 0.5) is 0 Å². The fourth-order valence-corrected chi connectivity index (χ4v) is 4.16. The number of hydrogen-bond donors (Lipinski definition) is 0. The van der Waals surface area contributed by atoms with Gasteiger partial charge in [-0.3, -0.25) is 14.4 Å². The second-order valence-corrected chi connectivity index (χ2v) is 8.65. The number of aromatic nitrogens is 2. The quantitative estimate of drug-likeness (QED) is 0.858. The van der Waals surface area contributed by atoms with Crippen molar-refractivity contribution in [1.82, 2.24) is 19.6 Å². The van der Waals surface area contributed by atoms with Crippen LogP contribution in [0, 0.1) is 10.8 Å². The Hall–Kier alpha value is -1.36. The largest absolute Gasteiger partial charge is 0.342 e. The zero-order valence-electron chi connectivity index (χ0n) is 15.0. The summed E-state index contributed by atoms with van der Waals surface area (Å²) in [4.78, 5) is 17.7. The molecule has 1 unspecified atom stereocenters. The van der Waals surface area contributed by atoms with Crippen molar-refractivity contribution in [1.29, 1.82) is 0 Å². The van der Waals surface area contributed by atoms with Gasteiger partial charge in [0.2, 0.25) is 5.91 Å². The van der Waals surface area contributed by atoms with E-state index in [0.29, 0.717) is 5.91 Å². The summed E-state index contributed by atoms with van der Waals surface area (Å²) in [6.45, 7) is 11.3. The van der Waals surface area contributed by atoms with Crippen LogP contribution in [0.5, 0.6) is 0 Å². The van der Waals surface area contributed by atoms with Crippen molar-refractivity contribution in [3.8, 4) is 0 Å². The maximum atomic E-state index is 13.1. The Morgan fingerprint density at radius 2 is 2.04 bits per heavy atom. The highest BCUT2D eigenvalue weighted by Gasteiger charge is 2.48. The van der Waals surface area contributed by atoms with Gasteiger partial charge >= 0.3 is 0 Å². The lowest BCUT2D eigenvalue weighted by Gasteiger charge is -2.42. The van der Waals surface area contributed by atoms with E-state index >= 15 is 0 Å². The molecular weight excluding hydrogens is 288 g/mol. The Balaban J connectivity index is 1.66. The normalized spacial score (nSPS) is 26.4. The van der Waals surface area contributed by atoms with Crippen LogP contribution < -0.4 is 0 Å². The monoisotopic (exact) mass is 318 g/mol. The lowest BCUT2D eigenvalue weighted by atomic mass is 9.77. The van der Waals surface area contributed by atoms with E-state index in [2.05, 4.69) is 41.9 Å². The van der Waals surface area contributed by atoms with Crippen LogP contribution in [0.15, 0.2) is 12.4 Å². The highest BCUT2D eigenvalue weighted by Crippen LogP contribution is 2.41. The first-order valence-corrected chi connectivity index (χ1v) is 8.77. The fourth-order valence-electron chi connectivity index (χ4n) is 4.16. The molecule has 5 heteroatoms. The summed E-state index contributed by atoms with van der Waals surface area (Å²) < 4.78 is 1.85. The molecule has 23 heavy (non-hydrogen) atoms.